The number of aliphatic hydroxyl groups is 3. The lowest BCUT2D eigenvalue weighted by Crippen LogP contribution is -2.61. The van der Waals surface area contributed by atoms with E-state index in [1.54, 1.807) is 40.0 Å². The predicted octanol–water partition coefficient (Wildman–Crippen LogP) is 3.30. The summed E-state index contributed by atoms with van der Waals surface area (Å²) < 4.78 is 25.1. The number of rotatable bonds is 5. The Morgan fingerprint density at radius 1 is 1.21 bits per heavy atom. The van der Waals surface area contributed by atoms with Gasteiger partial charge >= 0.3 is 0 Å². The number of thiophene rings is 1. The second kappa shape index (κ2) is 8.59. The van der Waals surface area contributed by atoms with E-state index in [1.807, 2.05) is 6.07 Å². The first-order valence-electron chi connectivity index (χ1n) is 9.36. The van der Waals surface area contributed by atoms with Crippen molar-refractivity contribution < 1.29 is 29.2 Å². The van der Waals surface area contributed by atoms with Crippen LogP contribution in [0.2, 0.25) is 5.02 Å². The second-order valence-corrected chi connectivity index (χ2v) is 9.23. The Bertz CT molecular complexity index is 869. The lowest BCUT2D eigenvalue weighted by molar-refractivity contribution is -0.263. The largest absolute Gasteiger partial charge is 0.388 e. The molecule has 0 spiro atoms. The van der Waals surface area contributed by atoms with Gasteiger partial charge < -0.3 is 24.8 Å². The van der Waals surface area contributed by atoms with Gasteiger partial charge in [0.25, 0.3) is 0 Å². The summed E-state index contributed by atoms with van der Waals surface area (Å²) in [4.78, 5) is 0.825. The van der Waals surface area contributed by atoms with Gasteiger partial charge in [0.2, 0.25) is 0 Å². The summed E-state index contributed by atoms with van der Waals surface area (Å²) in [5.74, 6) is 0. The van der Waals surface area contributed by atoms with Crippen molar-refractivity contribution in [3.05, 3.63) is 55.5 Å². The standard InChI is InChI=1S/C21H26ClFO5S/c1-10-5-14(29-20(10)23)6-12-7-15(13(9-27-4)8-16(12)22)21(3)19(26)18(25)17(24)11(2)28-21/h5,7-8,11,17-19,24-26H,6,9H2,1-4H3/t11-,17-,18+,19-,21+/m1/s1. The summed E-state index contributed by atoms with van der Waals surface area (Å²) in [6.45, 7) is 5.25. The number of hydrogen-bond acceptors (Lipinski definition) is 6. The molecule has 5 nitrogen and oxygen atoms in total. The van der Waals surface area contributed by atoms with Crippen molar-refractivity contribution in [2.75, 3.05) is 7.11 Å². The van der Waals surface area contributed by atoms with E-state index in [2.05, 4.69) is 0 Å². The van der Waals surface area contributed by atoms with Gasteiger partial charge in [-0.1, -0.05) is 17.7 Å². The van der Waals surface area contributed by atoms with Gasteiger partial charge in [-0.05, 0) is 55.2 Å². The highest BCUT2D eigenvalue weighted by atomic mass is 35.5. The molecule has 29 heavy (non-hydrogen) atoms. The Kier molecular flexibility index (Phi) is 6.70. The molecule has 0 radical (unpaired) electrons. The van der Waals surface area contributed by atoms with E-state index >= 15 is 0 Å². The molecule has 2 heterocycles. The molecule has 0 bridgehead atoms. The van der Waals surface area contributed by atoms with Gasteiger partial charge in [-0.2, -0.15) is 4.39 Å². The maximum absolute atomic E-state index is 13.8. The van der Waals surface area contributed by atoms with Gasteiger partial charge in [0, 0.05) is 23.4 Å². The van der Waals surface area contributed by atoms with Crippen LogP contribution in [0.3, 0.4) is 0 Å². The van der Waals surface area contributed by atoms with E-state index in [0.717, 1.165) is 21.8 Å². The van der Waals surface area contributed by atoms with E-state index < -0.39 is 30.0 Å². The van der Waals surface area contributed by atoms with Crippen LogP contribution in [-0.4, -0.2) is 46.8 Å². The molecule has 0 aliphatic carbocycles. The van der Waals surface area contributed by atoms with Crippen LogP contribution in [-0.2, 0) is 28.1 Å². The SMILES string of the molecule is COCc1cc(Cl)c(Cc2cc(C)c(F)s2)cc1[C@]1(C)O[C@H](C)[C@@H](O)[C@H](O)[C@H]1O. The maximum atomic E-state index is 13.8. The van der Waals surface area contributed by atoms with Gasteiger partial charge in [0.15, 0.2) is 5.13 Å². The molecular formula is C21H26ClFO5S. The fourth-order valence-electron chi connectivity index (χ4n) is 3.87. The zero-order valence-corrected chi connectivity index (χ0v) is 18.4. The third-order valence-electron chi connectivity index (χ3n) is 5.53. The number of ether oxygens (including phenoxy) is 2. The summed E-state index contributed by atoms with van der Waals surface area (Å²) in [6, 6.07) is 5.34. The molecule has 160 valence electrons. The number of halogens is 2. The fourth-order valence-corrected chi connectivity index (χ4v) is 5.04. The first-order chi connectivity index (χ1) is 13.6. The zero-order chi connectivity index (χ0) is 21.5. The number of aryl methyl sites for hydroxylation is 1. The van der Waals surface area contributed by atoms with Gasteiger partial charge in [-0.25, -0.2) is 0 Å². The summed E-state index contributed by atoms with van der Waals surface area (Å²) in [7, 11) is 1.55. The molecule has 1 saturated heterocycles. The molecule has 0 amide bonds. The predicted molar refractivity (Wildman–Crippen MR) is 110 cm³/mol. The molecule has 5 atom stereocenters. The number of aliphatic hydroxyl groups excluding tert-OH is 3. The molecule has 1 aromatic heterocycles. The van der Waals surface area contributed by atoms with Crippen LogP contribution >= 0.6 is 22.9 Å². The topological polar surface area (TPSA) is 79.2 Å². The molecule has 1 aliphatic heterocycles. The minimum absolute atomic E-state index is 0.223. The fraction of sp³-hybridized carbons (Fsp3) is 0.524. The zero-order valence-electron chi connectivity index (χ0n) is 16.8. The molecule has 2 aromatic rings. The molecule has 0 saturated carbocycles. The molecular weight excluding hydrogens is 419 g/mol. The van der Waals surface area contributed by atoms with Crippen LogP contribution in [0.4, 0.5) is 4.39 Å². The molecule has 1 fully saturated rings. The van der Waals surface area contributed by atoms with Gasteiger partial charge in [0.05, 0.1) is 12.7 Å². The van der Waals surface area contributed by atoms with Crippen molar-refractivity contribution in [1.82, 2.24) is 0 Å². The molecule has 0 unspecified atom stereocenters. The number of hydrogen-bond donors (Lipinski definition) is 3. The normalized spacial score (nSPS) is 30.0. The minimum Gasteiger partial charge on any atom is -0.388 e. The Morgan fingerprint density at radius 3 is 2.48 bits per heavy atom. The van der Waals surface area contributed by atoms with Crippen molar-refractivity contribution in [2.24, 2.45) is 0 Å². The monoisotopic (exact) mass is 444 g/mol. The van der Waals surface area contributed by atoms with Crippen LogP contribution < -0.4 is 0 Å². The smallest absolute Gasteiger partial charge is 0.179 e. The summed E-state index contributed by atoms with van der Waals surface area (Å²) in [6.07, 6.45) is -4.21. The minimum atomic E-state index is -1.37. The van der Waals surface area contributed by atoms with Crippen molar-refractivity contribution in [3.8, 4) is 0 Å². The maximum Gasteiger partial charge on any atom is 0.179 e. The van der Waals surface area contributed by atoms with Crippen LogP contribution in [0.15, 0.2) is 18.2 Å². The van der Waals surface area contributed by atoms with Crippen LogP contribution in [0.25, 0.3) is 0 Å². The first-order valence-corrected chi connectivity index (χ1v) is 10.6. The summed E-state index contributed by atoms with van der Waals surface area (Å²) >= 11 is 7.57. The van der Waals surface area contributed by atoms with E-state index in [1.165, 1.54) is 0 Å². The molecule has 1 aromatic carbocycles. The average Bonchev–Trinajstić information content (AvgIpc) is 2.98. The van der Waals surface area contributed by atoms with Crippen LogP contribution in [0.1, 0.15) is 41.0 Å². The van der Waals surface area contributed by atoms with E-state index in [9.17, 15) is 19.7 Å². The molecule has 3 rings (SSSR count). The number of methoxy groups -OCH3 is 1. The highest BCUT2D eigenvalue weighted by molar-refractivity contribution is 7.10. The highest BCUT2D eigenvalue weighted by Crippen LogP contribution is 2.41. The third-order valence-corrected chi connectivity index (χ3v) is 6.91. The van der Waals surface area contributed by atoms with E-state index in [-0.39, 0.29) is 11.7 Å². The lowest BCUT2D eigenvalue weighted by Gasteiger charge is -2.47. The summed E-state index contributed by atoms with van der Waals surface area (Å²) in [5, 5.41) is 31.5. The first kappa shape index (κ1) is 22.6. The Hall–Kier alpha value is -1.06. The summed E-state index contributed by atoms with van der Waals surface area (Å²) in [5.41, 5.74) is 1.35. The molecule has 8 heteroatoms. The van der Waals surface area contributed by atoms with Crippen LogP contribution in [0.5, 0.6) is 0 Å². The number of benzene rings is 1. The van der Waals surface area contributed by atoms with Crippen molar-refractivity contribution >= 4 is 22.9 Å². The quantitative estimate of drug-likeness (QED) is 0.659. The van der Waals surface area contributed by atoms with Gasteiger partial charge in [0.1, 0.15) is 23.9 Å². The van der Waals surface area contributed by atoms with Crippen molar-refractivity contribution in [3.63, 3.8) is 0 Å². The molecule has 1 aliphatic rings. The Morgan fingerprint density at radius 2 is 1.90 bits per heavy atom. The Balaban J connectivity index is 2.08. The van der Waals surface area contributed by atoms with Crippen molar-refractivity contribution in [1.29, 1.82) is 0 Å². The third kappa shape index (κ3) is 4.23. The van der Waals surface area contributed by atoms with Crippen molar-refractivity contribution in [2.45, 2.75) is 63.8 Å². The molecule has 3 N–H and O–H groups in total. The second-order valence-electron chi connectivity index (χ2n) is 7.74. The van der Waals surface area contributed by atoms with E-state index in [0.29, 0.717) is 28.1 Å². The van der Waals surface area contributed by atoms with Gasteiger partial charge in [-0.3, -0.25) is 0 Å². The Labute approximate surface area is 178 Å². The van der Waals surface area contributed by atoms with Gasteiger partial charge in [-0.15, -0.1) is 11.3 Å². The van der Waals surface area contributed by atoms with Crippen LogP contribution in [0, 0.1) is 12.1 Å². The van der Waals surface area contributed by atoms with E-state index in [4.69, 9.17) is 21.1 Å². The lowest BCUT2D eigenvalue weighted by atomic mass is 9.79. The average molecular weight is 445 g/mol. The highest BCUT2D eigenvalue weighted by Gasteiger charge is 2.51.